The van der Waals surface area contributed by atoms with Crippen LogP contribution in [0.3, 0.4) is 0 Å². The topological polar surface area (TPSA) is 12.0 Å². The molecule has 1 aromatic rings. The molecule has 0 radical (unpaired) electrons. The molecule has 0 aromatic heterocycles. The molecule has 80 valence electrons. The maximum absolute atomic E-state index is 3.61. The Balaban J connectivity index is 1.86. The van der Waals surface area contributed by atoms with E-state index < -0.39 is 0 Å². The minimum atomic E-state index is 0.698. The average Bonchev–Trinajstić information content (AvgIpc) is 3.11. The molecule has 2 aliphatic rings. The lowest BCUT2D eigenvalue weighted by molar-refractivity contribution is 0.467. The minimum Gasteiger partial charge on any atom is -0.310 e. The minimum absolute atomic E-state index is 0.698. The Morgan fingerprint density at radius 3 is 2.87 bits per heavy atom. The van der Waals surface area contributed by atoms with E-state index >= 15 is 0 Å². The van der Waals surface area contributed by atoms with Crippen molar-refractivity contribution in [2.24, 2.45) is 0 Å². The van der Waals surface area contributed by atoms with E-state index in [2.05, 4.69) is 30.4 Å². The van der Waals surface area contributed by atoms with E-state index in [0.717, 1.165) is 12.5 Å². The molecule has 1 heteroatoms. The summed E-state index contributed by atoms with van der Waals surface area (Å²) < 4.78 is 0. The summed E-state index contributed by atoms with van der Waals surface area (Å²) in [6.07, 6.45) is 5.27. The summed E-state index contributed by atoms with van der Waals surface area (Å²) in [5, 5.41) is 3.61. The Kier molecular flexibility index (Phi) is 2.28. The van der Waals surface area contributed by atoms with Crippen molar-refractivity contribution in [2.45, 2.75) is 51.1 Å². The van der Waals surface area contributed by atoms with Gasteiger partial charge in [0, 0.05) is 12.6 Å². The van der Waals surface area contributed by atoms with Crippen LogP contribution in [0.1, 0.15) is 48.8 Å². The smallest absolute Gasteiger partial charge is 0.0211 e. The highest BCUT2D eigenvalue weighted by Gasteiger charge is 2.25. The normalized spacial score (nSPS) is 25.0. The van der Waals surface area contributed by atoms with Crippen LogP contribution < -0.4 is 5.32 Å². The van der Waals surface area contributed by atoms with Crippen molar-refractivity contribution in [3.8, 4) is 0 Å². The van der Waals surface area contributed by atoms with Crippen molar-refractivity contribution < 1.29 is 0 Å². The van der Waals surface area contributed by atoms with Crippen LogP contribution in [0.4, 0.5) is 0 Å². The molecular formula is C14H19N. The molecule has 15 heavy (non-hydrogen) atoms. The third-order valence-electron chi connectivity index (χ3n) is 3.82. The Morgan fingerprint density at radius 1 is 1.27 bits per heavy atom. The van der Waals surface area contributed by atoms with Gasteiger partial charge in [-0.05, 0) is 48.3 Å². The van der Waals surface area contributed by atoms with Gasteiger partial charge in [-0.1, -0.05) is 25.1 Å². The second-order valence-electron chi connectivity index (χ2n) is 4.99. The van der Waals surface area contributed by atoms with E-state index in [1.165, 1.54) is 25.7 Å². The van der Waals surface area contributed by atoms with Crippen LogP contribution in [0.25, 0.3) is 0 Å². The third-order valence-corrected chi connectivity index (χ3v) is 3.82. The first-order chi connectivity index (χ1) is 7.36. The zero-order chi connectivity index (χ0) is 10.3. The van der Waals surface area contributed by atoms with Crippen molar-refractivity contribution in [3.63, 3.8) is 0 Å². The van der Waals surface area contributed by atoms with Crippen LogP contribution in [-0.4, -0.2) is 6.04 Å². The molecule has 1 heterocycles. The number of hydrogen-bond donors (Lipinski definition) is 1. The SMILES string of the molecule is CCC1Cc2ccc(C3CC3)cc2CN1. The predicted octanol–water partition coefficient (Wildman–Crippen LogP) is 2.99. The van der Waals surface area contributed by atoms with Gasteiger partial charge in [0.2, 0.25) is 0 Å². The molecule has 0 saturated heterocycles. The van der Waals surface area contributed by atoms with Gasteiger partial charge in [-0.2, -0.15) is 0 Å². The van der Waals surface area contributed by atoms with Crippen LogP contribution in [0, 0.1) is 0 Å². The molecule has 1 unspecified atom stereocenters. The van der Waals surface area contributed by atoms with Crippen molar-refractivity contribution in [1.29, 1.82) is 0 Å². The summed E-state index contributed by atoms with van der Waals surface area (Å²) in [7, 11) is 0. The first-order valence-electron chi connectivity index (χ1n) is 6.22. The highest BCUT2D eigenvalue weighted by atomic mass is 14.9. The third kappa shape index (κ3) is 1.81. The number of nitrogens with one attached hydrogen (secondary N) is 1. The van der Waals surface area contributed by atoms with E-state index in [0.29, 0.717) is 6.04 Å². The Hall–Kier alpha value is -0.820. The van der Waals surface area contributed by atoms with Crippen molar-refractivity contribution >= 4 is 0 Å². The maximum atomic E-state index is 3.61. The first-order valence-corrected chi connectivity index (χ1v) is 6.22. The Morgan fingerprint density at radius 2 is 2.13 bits per heavy atom. The van der Waals surface area contributed by atoms with Gasteiger partial charge in [-0.3, -0.25) is 0 Å². The van der Waals surface area contributed by atoms with Crippen molar-refractivity contribution in [3.05, 3.63) is 34.9 Å². The van der Waals surface area contributed by atoms with Crippen LogP contribution in [0.2, 0.25) is 0 Å². The average molecular weight is 201 g/mol. The summed E-state index contributed by atoms with van der Waals surface area (Å²) in [5.74, 6) is 0.888. The largest absolute Gasteiger partial charge is 0.310 e. The van der Waals surface area contributed by atoms with Crippen LogP contribution in [-0.2, 0) is 13.0 Å². The molecule has 1 saturated carbocycles. The fraction of sp³-hybridized carbons (Fsp3) is 0.571. The summed E-state index contributed by atoms with van der Waals surface area (Å²) in [5.41, 5.74) is 4.69. The zero-order valence-electron chi connectivity index (χ0n) is 9.42. The summed E-state index contributed by atoms with van der Waals surface area (Å²) in [6.45, 7) is 3.34. The predicted molar refractivity (Wildman–Crippen MR) is 63.0 cm³/mol. The number of hydrogen-bond acceptors (Lipinski definition) is 1. The number of benzene rings is 1. The zero-order valence-corrected chi connectivity index (χ0v) is 9.42. The molecule has 3 rings (SSSR count). The molecule has 1 atom stereocenters. The Bertz CT molecular complexity index is 366. The lowest BCUT2D eigenvalue weighted by Gasteiger charge is -2.25. The van der Waals surface area contributed by atoms with E-state index in [1.54, 1.807) is 16.7 Å². The van der Waals surface area contributed by atoms with Gasteiger partial charge < -0.3 is 5.32 Å². The van der Waals surface area contributed by atoms with Crippen LogP contribution in [0.15, 0.2) is 18.2 Å². The van der Waals surface area contributed by atoms with Gasteiger partial charge in [0.15, 0.2) is 0 Å². The molecule has 1 aromatic carbocycles. The van der Waals surface area contributed by atoms with Gasteiger partial charge >= 0.3 is 0 Å². The molecule has 1 nitrogen and oxygen atoms in total. The molecule has 1 aliphatic carbocycles. The van der Waals surface area contributed by atoms with E-state index in [9.17, 15) is 0 Å². The van der Waals surface area contributed by atoms with Gasteiger partial charge in [0.05, 0.1) is 0 Å². The second kappa shape index (κ2) is 3.64. The molecule has 1 N–H and O–H groups in total. The molecule has 0 spiro atoms. The maximum Gasteiger partial charge on any atom is 0.0211 e. The molecular weight excluding hydrogens is 182 g/mol. The summed E-state index contributed by atoms with van der Waals surface area (Å²) >= 11 is 0. The van der Waals surface area contributed by atoms with E-state index in [4.69, 9.17) is 0 Å². The van der Waals surface area contributed by atoms with E-state index in [-0.39, 0.29) is 0 Å². The summed E-state index contributed by atoms with van der Waals surface area (Å²) in [4.78, 5) is 0. The second-order valence-corrected chi connectivity index (χ2v) is 4.99. The van der Waals surface area contributed by atoms with Gasteiger partial charge in [0.1, 0.15) is 0 Å². The molecule has 0 bridgehead atoms. The fourth-order valence-corrected chi connectivity index (χ4v) is 2.56. The fourth-order valence-electron chi connectivity index (χ4n) is 2.56. The monoisotopic (exact) mass is 201 g/mol. The standard InChI is InChI=1S/C14H19N/c1-2-14-8-12-6-5-11(10-3-4-10)7-13(12)9-15-14/h5-7,10,14-15H,2-4,8-9H2,1H3. The van der Waals surface area contributed by atoms with Crippen LogP contribution >= 0.6 is 0 Å². The summed E-state index contributed by atoms with van der Waals surface area (Å²) in [6, 6.07) is 7.86. The Labute approximate surface area is 91.9 Å². The van der Waals surface area contributed by atoms with Gasteiger partial charge in [-0.15, -0.1) is 0 Å². The highest BCUT2D eigenvalue weighted by molar-refractivity contribution is 5.37. The van der Waals surface area contributed by atoms with Gasteiger partial charge in [-0.25, -0.2) is 0 Å². The van der Waals surface area contributed by atoms with Crippen LogP contribution in [0.5, 0.6) is 0 Å². The quantitative estimate of drug-likeness (QED) is 0.775. The van der Waals surface area contributed by atoms with Crippen molar-refractivity contribution in [2.75, 3.05) is 0 Å². The molecule has 1 fully saturated rings. The highest BCUT2D eigenvalue weighted by Crippen LogP contribution is 2.40. The van der Waals surface area contributed by atoms with E-state index in [1.807, 2.05) is 0 Å². The molecule has 0 amide bonds. The number of rotatable bonds is 2. The first kappa shape index (κ1) is 9.41. The van der Waals surface area contributed by atoms with Gasteiger partial charge in [0.25, 0.3) is 0 Å². The van der Waals surface area contributed by atoms with Crippen molar-refractivity contribution in [1.82, 2.24) is 5.32 Å². The lowest BCUT2D eigenvalue weighted by Crippen LogP contribution is -2.34. The molecule has 1 aliphatic heterocycles. The number of fused-ring (bicyclic) bond motifs is 1. The lowest BCUT2D eigenvalue weighted by atomic mass is 9.92.